The first-order valence-electron chi connectivity index (χ1n) is 4.11. The predicted octanol–water partition coefficient (Wildman–Crippen LogP) is 2.32. The molecule has 0 spiro atoms. The van der Waals surface area contributed by atoms with Gasteiger partial charge < -0.3 is 4.74 Å². The first-order chi connectivity index (χ1) is 5.42. The third-order valence-electron chi connectivity index (χ3n) is 2.12. The number of rotatable bonds is 2. The van der Waals surface area contributed by atoms with Gasteiger partial charge in [-0.05, 0) is 17.5 Å². The van der Waals surface area contributed by atoms with Crippen molar-refractivity contribution >= 4 is 0 Å². The largest absolute Gasteiger partial charge is 0.368 e. The first-order valence-corrected chi connectivity index (χ1v) is 4.11. The lowest BCUT2D eigenvalue weighted by Gasteiger charge is -2.02. The Morgan fingerprint density at radius 3 is 2.82 bits per heavy atom. The van der Waals surface area contributed by atoms with E-state index in [1.807, 2.05) is 0 Å². The number of hydrogen-bond donors (Lipinski definition) is 0. The summed E-state index contributed by atoms with van der Waals surface area (Å²) in [7, 11) is 0. The summed E-state index contributed by atoms with van der Waals surface area (Å²) < 4.78 is 5.24. The number of hydrogen-bond acceptors (Lipinski definition) is 1. The topological polar surface area (TPSA) is 12.5 Å². The summed E-state index contributed by atoms with van der Waals surface area (Å²) in [5, 5.41) is 0. The van der Waals surface area contributed by atoms with E-state index in [1.165, 1.54) is 11.1 Å². The molecule has 0 saturated carbocycles. The fourth-order valence-corrected chi connectivity index (χ4v) is 1.40. The van der Waals surface area contributed by atoms with Crippen LogP contribution in [0, 0.1) is 0 Å². The van der Waals surface area contributed by atoms with Crippen molar-refractivity contribution in [3.05, 3.63) is 35.4 Å². The summed E-state index contributed by atoms with van der Waals surface area (Å²) >= 11 is 0. The molecule has 0 N–H and O–H groups in total. The van der Waals surface area contributed by atoms with E-state index in [0.29, 0.717) is 6.10 Å². The van der Waals surface area contributed by atoms with E-state index in [9.17, 15) is 0 Å². The average Bonchev–Trinajstić information content (AvgIpc) is 2.87. The SMILES string of the molecule is CCc1ccccc1C1CO1. The summed E-state index contributed by atoms with van der Waals surface area (Å²) in [5.41, 5.74) is 2.81. The molecule has 1 nitrogen and oxygen atoms in total. The highest BCUT2D eigenvalue weighted by Gasteiger charge is 2.26. The van der Waals surface area contributed by atoms with Crippen molar-refractivity contribution in [3.63, 3.8) is 0 Å². The highest BCUT2D eigenvalue weighted by molar-refractivity contribution is 5.30. The van der Waals surface area contributed by atoms with Crippen molar-refractivity contribution in [3.8, 4) is 0 Å². The van der Waals surface area contributed by atoms with Gasteiger partial charge in [0.25, 0.3) is 0 Å². The molecule has 1 aliphatic heterocycles. The zero-order valence-electron chi connectivity index (χ0n) is 6.71. The minimum atomic E-state index is 0.408. The van der Waals surface area contributed by atoms with Crippen molar-refractivity contribution < 1.29 is 4.74 Å². The maximum Gasteiger partial charge on any atom is 0.106 e. The standard InChI is InChI=1S/C10H12O/c1-2-8-5-3-4-6-9(8)10-7-11-10/h3-6,10H,2,7H2,1H3. The Bertz CT molecular complexity index is 251. The van der Waals surface area contributed by atoms with E-state index in [2.05, 4.69) is 31.2 Å². The molecule has 0 amide bonds. The number of epoxide rings is 1. The third-order valence-corrected chi connectivity index (χ3v) is 2.12. The summed E-state index contributed by atoms with van der Waals surface area (Å²) in [5.74, 6) is 0. The van der Waals surface area contributed by atoms with Gasteiger partial charge in [-0.25, -0.2) is 0 Å². The quantitative estimate of drug-likeness (QED) is 0.586. The van der Waals surface area contributed by atoms with Crippen LogP contribution in [0.5, 0.6) is 0 Å². The van der Waals surface area contributed by atoms with Crippen LogP contribution in [0.3, 0.4) is 0 Å². The van der Waals surface area contributed by atoms with Gasteiger partial charge in [-0.1, -0.05) is 31.2 Å². The molecule has 0 aromatic heterocycles. The zero-order chi connectivity index (χ0) is 7.68. The minimum Gasteiger partial charge on any atom is -0.368 e. The summed E-state index contributed by atoms with van der Waals surface area (Å²) in [6.07, 6.45) is 1.52. The van der Waals surface area contributed by atoms with E-state index >= 15 is 0 Å². The smallest absolute Gasteiger partial charge is 0.106 e. The lowest BCUT2D eigenvalue weighted by Crippen LogP contribution is -1.89. The van der Waals surface area contributed by atoms with Gasteiger partial charge in [0.1, 0.15) is 6.10 Å². The van der Waals surface area contributed by atoms with Gasteiger partial charge in [-0.2, -0.15) is 0 Å². The van der Waals surface area contributed by atoms with E-state index in [0.717, 1.165) is 13.0 Å². The Labute approximate surface area is 67.0 Å². The van der Waals surface area contributed by atoms with Crippen molar-refractivity contribution in [2.75, 3.05) is 6.61 Å². The normalized spacial score (nSPS) is 21.7. The molecule has 1 heteroatoms. The van der Waals surface area contributed by atoms with Gasteiger partial charge in [0.15, 0.2) is 0 Å². The minimum absolute atomic E-state index is 0.408. The molecular formula is C10H12O. The first kappa shape index (κ1) is 6.86. The fourth-order valence-electron chi connectivity index (χ4n) is 1.40. The van der Waals surface area contributed by atoms with Crippen molar-refractivity contribution in [1.82, 2.24) is 0 Å². The van der Waals surface area contributed by atoms with Crippen LogP contribution < -0.4 is 0 Å². The Balaban J connectivity index is 2.34. The molecular weight excluding hydrogens is 136 g/mol. The predicted molar refractivity (Wildman–Crippen MR) is 44.5 cm³/mol. The van der Waals surface area contributed by atoms with Crippen LogP contribution in [0.4, 0.5) is 0 Å². The Kier molecular flexibility index (Phi) is 1.66. The second-order valence-electron chi connectivity index (χ2n) is 2.87. The molecule has 1 fully saturated rings. The van der Waals surface area contributed by atoms with Crippen LogP contribution in [0.15, 0.2) is 24.3 Å². The van der Waals surface area contributed by atoms with Gasteiger partial charge in [-0.3, -0.25) is 0 Å². The molecule has 1 atom stereocenters. The molecule has 1 saturated heterocycles. The molecule has 1 aromatic carbocycles. The van der Waals surface area contributed by atoms with Crippen LogP contribution in [0.1, 0.15) is 24.2 Å². The molecule has 0 aliphatic carbocycles. The molecule has 1 aromatic rings. The fraction of sp³-hybridized carbons (Fsp3) is 0.400. The van der Waals surface area contributed by atoms with E-state index < -0.39 is 0 Å². The van der Waals surface area contributed by atoms with Gasteiger partial charge in [0.2, 0.25) is 0 Å². The molecule has 2 rings (SSSR count). The number of ether oxygens (including phenoxy) is 1. The second kappa shape index (κ2) is 2.67. The maximum atomic E-state index is 5.24. The Morgan fingerprint density at radius 1 is 1.45 bits per heavy atom. The van der Waals surface area contributed by atoms with Crippen LogP contribution in [-0.2, 0) is 11.2 Å². The molecule has 11 heavy (non-hydrogen) atoms. The van der Waals surface area contributed by atoms with Crippen LogP contribution in [-0.4, -0.2) is 6.61 Å². The van der Waals surface area contributed by atoms with E-state index in [1.54, 1.807) is 0 Å². The Morgan fingerprint density at radius 2 is 2.18 bits per heavy atom. The highest BCUT2D eigenvalue weighted by atomic mass is 16.6. The number of aryl methyl sites for hydroxylation is 1. The highest BCUT2D eigenvalue weighted by Crippen LogP contribution is 2.32. The molecule has 1 heterocycles. The summed E-state index contributed by atoms with van der Waals surface area (Å²) in [4.78, 5) is 0. The Hall–Kier alpha value is -0.820. The monoisotopic (exact) mass is 148 g/mol. The van der Waals surface area contributed by atoms with Crippen LogP contribution >= 0.6 is 0 Å². The molecule has 0 bridgehead atoms. The zero-order valence-corrected chi connectivity index (χ0v) is 6.71. The second-order valence-corrected chi connectivity index (χ2v) is 2.87. The van der Waals surface area contributed by atoms with Crippen LogP contribution in [0.2, 0.25) is 0 Å². The van der Waals surface area contributed by atoms with Gasteiger partial charge >= 0.3 is 0 Å². The summed E-state index contributed by atoms with van der Waals surface area (Å²) in [6.45, 7) is 3.10. The van der Waals surface area contributed by atoms with Crippen molar-refractivity contribution in [2.24, 2.45) is 0 Å². The molecule has 1 unspecified atom stereocenters. The maximum absolute atomic E-state index is 5.24. The lowest BCUT2D eigenvalue weighted by molar-refractivity contribution is 0.414. The van der Waals surface area contributed by atoms with Gasteiger partial charge in [0.05, 0.1) is 6.61 Å². The third kappa shape index (κ3) is 1.29. The van der Waals surface area contributed by atoms with E-state index in [4.69, 9.17) is 4.74 Å². The molecule has 58 valence electrons. The summed E-state index contributed by atoms with van der Waals surface area (Å²) in [6, 6.07) is 8.51. The van der Waals surface area contributed by atoms with E-state index in [-0.39, 0.29) is 0 Å². The number of benzene rings is 1. The van der Waals surface area contributed by atoms with Gasteiger partial charge in [0, 0.05) is 0 Å². The van der Waals surface area contributed by atoms with Gasteiger partial charge in [-0.15, -0.1) is 0 Å². The van der Waals surface area contributed by atoms with Crippen molar-refractivity contribution in [2.45, 2.75) is 19.4 Å². The molecule has 0 radical (unpaired) electrons. The lowest BCUT2D eigenvalue weighted by atomic mass is 10.0. The average molecular weight is 148 g/mol. The van der Waals surface area contributed by atoms with Crippen molar-refractivity contribution in [1.29, 1.82) is 0 Å². The van der Waals surface area contributed by atoms with Crippen LogP contribution in [0.25, 0.3) is 0 Å². The molecule has 1 aliphatic rings.